The van der Waals surface area contributed by atoms with E-state index in [1.165, 1.54) is 83.0 Å². The van der Waals surface area contributed by atoms with E-state index in [4.69, 9.17) is 8.83 Å². The van der Waals surface area contributed by atoms with Crippen LogP contribution in [-0.4, -0.2) is 4.98 Å². The third kappa shape index (κ3) is 4.01. The van der Waals surface area contributed by atoms with E-state index in [0.29, 0.717) is 0 Å². The zero-order valence-electron chi connectivity index (χ0n) is 32.2. The molecule has 0 bridgehead atoms. The number of furan rings is 2. The van der Waals surface area contributed by atoms with Crippen LogP contribution in [0.1, 0.15) is 49.9 Å². The normalized spacial score (nSPS) is 14.9. The fraction of sp³-hybridized carbons (Fsp3) is 0.111. The maximum Gasteiger partial charge on any atom is 0.144 e. The summed E-state index contributed by atoms with van der Waals surface area (Å²) in [5.41, 5.74) is 21.0. The smallest absolute Gasteiger partial charge is 0.144 e. The number of rotatable bonds is 2. The van der Waals surface area contributed by atoms with Gasteiger partial charge in [0.05, 0.1) is 0 Å². The van der Waals surface area contributed by atoms with Crippen molar-refractivity contribution in [3.05, 3.63) is 168 Å². The predicted molar refractivity (Wildman–Crippen MR) is 236 cm³/mol. The van der Waals surface area contributed by atoms with Crippen molar-refractivity contribution in [1.82, 2.24) is 4.98 Å². The Kier molecular flexibility index (Phi) is 5.78. The van der Waals surface area contributed by atoms with Gasteiger partial charge in [0.15, 0.2) is 0 Å². The lowest BCUT2D eigenvalue weighted by Crippen LogP contribution is -2.19. The molecule has 0 aliphatic heterocycles. The van der Waals surface area contributed by atoms with Gasteiger partial charge in [-0.1, -0.05) is 113 Å². The summed E-state index contributed by atoms with van der Waals surface area (Å²) in [5, 5.41) is 7.10. The Labute approximate surface area is 329 Å². The maximum absolute atomic E-state index is 6.98. The molecule has 3 heteroatoms. The first-order valence-electron chi connectivity index (χ1n) is 20.0. The van der Waals surface area contributed by atoms with E-state index < -0.39 is 0 Å². The van der Waals surface area contributed by atoms with Gasteiger partial charge in [0.25, 0.3) is 0 Å². The van der Waals surface area contributed by atoms with Crippen molar-refractivity contribution >= 4 is 65.7 Å². The Bertz CT molecular complexity index is 3580. The van der Waals surface area contributed by atoms with Crippen LogP contribution in [-0.2, 0) is 10.8 Å². The lowest BCUT2D eigenvalue weighted by atomic mass is 9.77. The Morgan fingerprint density at radius 3 is 1.86 bits per heavy atom. The Hall–Kier alpha value is -6.84. The first-order valence-corrected chi connectivity index (χ1v) is 20.0. The average Bonchev–Trinajstić information content (AvgIpc) is 4.01. The van der Waals surface area contributed by atoms with E-state index >= 15 is 0 Å². The summed E-state index contributed by atoms with van der Waals surface area (Å²) >= 11 is 0. The lowest BCUT2D eigenvalue weighted by Gasteiger charge is -2.26. The van der Waals surface area contributed by atoms with Gasteiger partial charge in [0, 0.05) is 59.7 Å². The Morgan fingerprint density at radius 2 is 1.00 bits per heavy atom. The molecule has 3 nitrogen and oxygen atoms in total. The van der Waals surface area contributed by atoms with E-state index in [1.54, 1.807) is 0 Å². The molecule has 2 aliphatic rings. The molecule has 1 N–H and O–H groups in total. The second-order valence-corrected chi connectivity index (χ2v) is 17.3. The van der Waals surface area contributed by atoms with E-state index in [1.807, 2.05) is 12.1 Å². The number of hydrogen-bond acceptors (Lipinski definition) is 2. The molecule has 0 saturated carbocycles. The van der Waals surface area contributed by atoms with Crippen LogP contribution >= 0.6 is 0 Å². The number of fused-ring (bicyclic) bond motifs is 16. The van der Waals surface area contributed by atoms with Gasteiger partial charge in [0.2, 0.25) is 0 Å². The summed E-state index contributed by atoms with van der Waals surface area (Å²) in [6.45, 7) is 9.58. The molecule has 270 valence electrons. The van der Waals surface area contributed by atoms with Gasteiger partial charge in [-0.2, -0.15) is 0 Å². The van der Waals surface area contributed by atoms with Gasteiger partial charge in [0.1, 0.15) is 22.3 Å². The molecule has 3 aromatic heterocycles. The number of benzene rings is 8. The third-order valence-electron chi connectivity index (χ3n) is 13.6. The Morgan fingerprint density at radius 1 is 0.386 bits per heavy atom. The lowest BCUT2D eigenvalue weighted by molar-refractivity contribution is 0.638. The fourth-order valence-corrected chi connectivity index (χ4v) is 10.6. The standard InChI is InChI=1S/C54H37NO2/c1-53(2)41-25-30(29-18-21-46-38(23-29)33-11-5-8-14-45(33)55-46)17-20-32(41)37-26-40-43(28-42(37)53)54(3,4)44-27-36(50-35-13-7-10-16-48(35)57-52(50)51(40)44)31-19-22-49-39(24-31)34-12-6-9-15-47(34)56-49/h5-28,55H,1-4H3. The van der Waals surface area contributed by atoms with Crippen LogP contribution in [0.3, 0.4) is 0 Å². The highest BCUT2D eigenvalue weighted by molar-refractivity contribution is 6.19. The van der Waals surface area contributed by atoms with Gasteiger partial charge < -0.3 is 13.8 Å². The van der Waals surface area contributed by atoms with Crippen molar-refractivity contribution in [2.45, 2.75) is 38.5 Å². The van der Waals surface area contributed by atoms with Gasteiger partial charge in [-0.15, -0.1) is 0 Å². The van der Waals surface area contributed by atoms with Crippen LogP contribution in [0.2, 0.25) is 0 Å². The summed E-state index contributed by atoms with van der Waals surface area (Å²) in [6.07, 6.45) is 0. The quantitative estimate of drug-likeness (QED) is 0.192. The number of para-hydroxylation sites is 3. The molecule has 0 fully saturated rings. The molecule has 3 heterocycles. The zero-order valence-corrected chi connectivity index (χ0v) is 32.2. The van der Waals surface area contributed by atoms with Gasteiger partial charge in [-0.25, -0.2) is 0 Å². The predicted octanol–water partition coefficient (Wildman–Crippen LogP) is 15.1. The molecular weight excluding hydrogens is 695 g/mol. The van der Waals surface area contributed by atoms with E-state index in [0.717, 1.165) is 49.4 Å². The number of aromatic nitrogens is 1. The molecule has 8 aromatic carbocycles. The summed E-state index contributed by atoms with van der Waals surface area (Å²) in [7, 11) is 0. The van der Waals surface area contributed by atoms with Crippen molar-refractivity contribution in [3.63, 3.8) is 0 Å². The topological polar surface area (TPSA) is 42.1 Å². The molecule has 0 spiro atoms. The molecule has 0 radical (unpaired) electrons. The van der Waals surface area contributed by atoms with Crippen LogP contribution in [0, 0.1) is 0 Å². The summed E-state index contributed by atoms with van der Waals surface area (Å²) in [5.74, 6) is 0. The van der Waals surface area contributed by atoms with Crippen molar-refractivity contribution in [2.24, 2.45) is 0 Å². The van der Waals surface area contributed by atoms with Crippen LogP contribution < -0.4 is 0 Å². The molecule has 0 atom stereocenters. The minimum absolute atomic E-state index is 0.173. The molecule has 0 amide bonds. The molecular formula is C54H37NO2. The fourth-order valence-electron chi connectivity index (χ4n) is 10.6. The number of nitrogens with one attached hydrogen (secondary N) is 1. The summed E-state index contributed by atoms with van der Waals surface area (Å²) in [6, 6.07) is 53.5. The Balaban J connectivity index is 1.01. The van der Waals surface area contributed by atoms with Crippen LogP contribution in [0.15, 0.2) is 154 Å². The second-order valence-electron chi connectivity index (χ2n) is 17.3. The highest BCUT2D eigenvalue weighted by Gasteiger charge is 2.43. The number of H-pyrrole nitrogens is 1. The first-order chi connectivity index (χ1) is 27.7. The van der Waals surface area contributed by atoms with Gasteiger partial charge >= 0.3 is 0 Å². The van der Waals surface area contributed by atoms with Crippen molar-refractivity contribution in [2.75, 3.05) is 0 Å². The second kappa shape index (κ2) is 10.5. The number of hydrogen-bond donors (Lipinski definition) is 1. The largest absolute Gasteiger partial charge is 0.456 e. The van der Waals surface area contributed by atoms with Crippen LogP contribution in [0.4, 0.5) is 0 Å². The number of aromatic amines is 1. The summed E-state index contributed by atoms with van der Waals surface area (Å²) in [4.78, 5) is 3.59. The average molecular weight is 732 g/mol. The molecule has 13 rings (SSSR count). The van der Waals surface area contributed by atoms with Crippen molar-refractivity contribution in [1.29, 1.82) is 0 Å². The molecule has 0 saturated heterocycles. The molecule has 57 heavy (non-hydrogen) atoms. The molecule has 0 unspecified atom stereocenters. The first kappa shape index (κ1) is 31.4. The van der Waals surface area contributed by atoms with E-state index in [2.05, 4.69) is 166 Å². The zero-order chi connectivity index (χ0) is 37.9. The minimum Gasteiger partial charge on any atom is -0.456 e. The highest BCUT2D eigenvalue weighted by Crippen LogP contribution is 2.59. The molecule has 11 aromatic rings. The van der Waals surface area contributed by atoms with Crippen LogP contribution in [0.25, 0.3) is 110 Å². The van der Waals surface area contributed by atoms with Gasteiger partial charge in [-0.05, 0) is 122 Å². The van der Waals surface area contributed by atoms with Gasteiger partial charge in [-0.3, -0.25) is 0 Å². The van der Waals surface area contributed by atoms with Crippen molar-refractivity contribution in [3.8, 4) is 44.5 Å². The monoisotopic (exact) mass is 731 g/mol. The van der Waals surface area contributed by atoms with E-state index in [-0.39, 0.29) is 10.8 Å². The van der Waals surface area contributed by atoms with Crippen molar-refractivity contribution < 1.29 is 8.83 Å². The molecule has 2 aliphatic carbocycles. The third-order valence-corrected chi connectivity index (χ3v) is 13.6. The minimum atomic E-state index is -0.251. The SMILES string of the molecule is CC1(C)c2cc(-c3ccc4[nH]c5ccccc5c4c3)ccc2-c2cc3c(cc21)C(C)(C)c1cc(-c2ccc4oc5ccccc5c4c2)c2c(oc4ccccc42)c1-3. The highest BCUT2D eigenvalue weighted by atomic mass is 16.3. The van der Waals surface area contributed by atoms with E-state index in [9.17, 15) is 0 Å². The van der Waals surface area contributed by atoms with Crippen LogP contribution in [0.5, 0.6) is 0 Å². The summed E-state index contributed by atoms with van der Waals surface area (Å²) < 4.78 is 13.2. The maximum atomic E-state index is 6.98.